The molecule has 0 atom stereocenters. The monoisotopic (exact) mass is 460 g/mol. The van der Waals surface area contributed by atoms with Gasteiger partial charge in [0.05, 0.1) is 5.56 Å². The predicted molar refractivity (Wildman–Crippen MR) is 66.0 cm³/mol. The molecule has 1 heterocycles. The summed E-state index contributed by atoms with van der Waals surface area (Å²) in [4.78, 5) is 3.52. The Labute approximate surface area is 112 Å². The summed E-state index contributed by atoms with van der Waals surface area (Å²) in [5.41, 5.74) is -0.640. The van der Waals surface area contributed by atoms with Crippen LogP contribution in [-0.2, 0) is 10.0 Å². The summed E-state index contributed by atoms with van der Waals surface area (Å²) in [7, 11) is -4.22. The normalized spacial score (nSPS) is 12.1. The minimum absolute atomic E-state index is 0.131. The summed E-state index contributed by atoms with van der Waals surface area (Å²) in [6, 6.07) is 1.36. The Hall–Kier alpha value is 0.380. The van der Waals surface area contributed by atoms with Gasteiger partial charge in [-0.1, -0.05) is 0 Å². The lowest BCUT2D eigenvalue weighted by Crippen LogP contribution is -2.18. The highest BCUT2D eigenvalue weighted by atomic mass is 127. The summed E-state index contributed by atoms with van der Waals surface area (Å²) in [5.74, 6) is 0. The van der Waals surface area contributed by atoms with E-state index in [0.717, 1.165) is 0 Å². The zero-order valence-electron chi connectivity index (χ0n) is 6.92. The third-order valence-electron chi connectivity index (χ3n) is 1.43. The van der Waals surface area contributed by atoms with Crippen LogP contribution in [0.5, 0.6) is 0 Å². The lowest BCUT2D eigenvalue weighted by Gasteiger charge is -2.08. The highest BCUT2D eigenvalue weighted by Crippen LogP contribution is 2.29. The number of primary sulfonamides is 1. The van der Waals surface area contributed by atoms with Gasteiger partial charge in [-0.05, 0) is 51.2 Å². The van der Waals surface area contributed by atoms with E-state index >= 15 is 0 Å². The van der Waals surface area contributed by atoms with Crippen molar-refractivity contribution in [2.24, 2.45) is 5.14 Å². The number of hydrogen-bond acceptors (Lipinski definition) is 3. The maximum absolute atomic E-state index is 12.6. The lowest BCUT2D eigenvalue weighted by atomic mass is 10.3. The SMILES string of the molecule is NS(=O)(=O)c1nc(I)cc(I)c1C(F)F. The molecule has 15 heavy (non-hydrogen) atoms. The van der Waals surface area contributed by atoms with Crippen molar-refractivity contribution in [3.8, 4) is 0 Å². The predicted octanol–water partition coefficient (Wildman–Crippen LogP) is 1.88. The van der Waals surface area contributed by atoms with Crippen molar-refractivity contribution in [1.29, 1.82) is 0 Å². The average Bonchev–Trinajstić information content (AvgIpc) is 1.99. The fraction of sp³-hybridized carbons (Fsp3) is 0.167. The lowest BCUT2D eigenvalue weighted by molar-refractivity contribution is 0.146. The van der Waals surface area contributed by atoms with E-state index in [4.69, 9.17) is 5.14 Å². The van der Waals surface area contributed by atoms with E-state index in [2.05, 4.69) is 4.98 Å². The Kier molecular flexibility index (Phi) is 4.22. The van der Waals surface area contributed by atoms with Crippen molar-refractivity contribution in [3.05, 3.63) is 18.9 Å². The molecule has 9 heteroatoms. The summed E-state index contributed by atoms with van der Waals surface area (Å²) in [6.45, 7) is 0. The molecule has 84 valence electrons. The molecule has 0 radical (unpaired) electrons. The number of nitrogens with two attached hydrogens (primary N) is 1. The van der Waals surface area contributed by atoms with Crippen molar-refractivity contribution in [3.63, 3.8) is 0 Å². The topological polar surface area (TPSA) is 73.1 Å². The third kappa shape index (κ3) is 3.17. The molecular formula is C6H4F2I2N2O2S. The number of sulfonamides is 1. The number of aromatic nitrogens is 1. The van der Waals surface area contributed by atoms with Gasteiger partial charge in [-0.15, -0.1) is 0 Å². The van der Waals surface area contributed by atoms with Crippen LogP contribution in [0.2, 0.25) is 0 Å². The zero-order valence-corrected chi connectivity index (χ0v) is 12.0. The van der Waals surface area contributed by atoms with E-state index in [0.29, 0.717) is 3.70 Å². The Bertz CT molecular complexity index is 492. The molecule has 0 fully saturated rings. The molecule has 1 aromatic heterocycles. The highest BCUT2D eigenvalue weighted by molar-refractivity contribution is 14.1. The van der Waals surface area contributed by atoms with Gasteiger partial charge in [-0.3, -0.25) is 0 Å². The second-order valence-electron chi connectivity index (χ2n) is 2.49. The zero-order chi connectivity index (χ0) is 11.8. The number of alkyl halides is 2. The van der Waals surface area contributed by atoms with Gasteiger partial charge in [0.2, 0.25) is 0 Å². The van der Waals surface area contributed by atoms with E-state index < -0.39 is 27.0 Å². The standard InChI is InChI=1S/C6H4F2I2N2O2S/c7-5(8)4-2(9)1-3(10)12-6(4)15(11,13)14/h1,5H,(H2,11,13,14). The largest absolute Gasteiger partial charge is 0.267 e. The third-order valence-corrected chi connectivity index (χ3v) is 3.72. The maximum atomic E-state index is 12.6. The van der Waals surface area contributed by atoms with E-state index in [-0.39, 0.29) is 3.57 Å². The van der Waals surface area contributed by atoms with Crippen molar-refractivity contribution < 1.29 is 17.2 Å². The molecule has 0 bridgehead atoms. The first-order chi connectivity index (χ1) is 6.73. The second-order valence-corrected chi connectivity index (χ2v) is 6.24. The Balaban J connectivity index is 3.62. The van der Waals surface area contributed by atoms with Crippen LogP contribution in [0.3, 0.4) is 0 Å². The van der Waals surface area contributed by atoms with Gasteiger partial charge in [0.25, 0.3) is 16.4 Å². The summed E-state index contributed by atoms with van der Waals surface area (Å²) >= 11 is 3.35. The molecule has 0 saturated carbocycles. The molecule has 0 aliphatic rings. The molecule has 1 aromatic rings. The van der Waals surface area contributed by atoms with Gasteiger partial charge in [0.1, 0.15) is 3.70 Å². The smallest absolute Gasteiger partial charge is 0.228 e. The summed E-state index contributed by atoms with van der Waals surface area (Å²) in [6.07, 6.45) is -2.92. The highest BCUT2D eigenvalue weighted by Gasteiger charge is 2.25. The maximum Gasteiger partial charge on any atom is 0.267 e. The van der Waals surface area contributed by atoms with Crippen molar-refractivity contribution >= 4 is 55.2 Å². The molecule has 0 spiro atoms. The first-order valence-corrected chi connectivity index (χ1v) is 7.10. The molecule has 0 aliphatic carbocycles. The summed E-state index contributed by atoms with van der Waals surface area (Å²) in [5, 5.41) is 4.05. The fourth-order valence-electron chi connectivity index (χ4n) is 0.888. The van der Waals surface area contributed by atoms with Crippen molar-refractivity contribution in [2.75, 3.05) is 0 Å². The van der Waals surface area contributed by atoms with Crippen molar-refractivity contribution in [2.45, 2.75) is 11.5 Å². The molecule has 1 rings (SSSR count). The molecule has 0 amide bonds. The quantitative estimate of drug-likeness (QED) is 0.542. The Morgan fingerprint density at radius 2 is 1.93 bits per heavy atom. The first kappa shape index (κ1) is 13.4. The summed E-state index contributed by atoms with van der Waals surface area (Å²) < 4.78 is 47.7. The molecule has 2 N–H and O–H groups in total. The number of pyridine rings is 1. The number of hydrogen-bond donors (Lipinski definition) is 1. The minimum atomic E-state index is -4.22. The van der Waals surface area contributed by atoms with Crippen LogP contribution in [0, 0.1) is 7.27 Å². The average molecular weight is 460 g/mol. The van der Waals surface area contributed by atoms with Gasteiger partial charge in [-0.25, -0.2) is 27.3 Å². The van der Waals surface area contributed by atoms with Gasteiger partial charge in [-0.2, -0.15) is 0 Å². The minimum Gasteiger partial charge on any atom is -0.228 e. The Morgan fingerprint density at radius 1 is 1.40 bits per heavy atom. The van der Waals surface area contributed by atoms with Gasteiger partial charge in [0.15, 0.2) is 5.03 Å². The van der Waals surface area contributed by atoms with Gasteiger partial charge in [0, 0.05) is 3.57 Å². The van der Waals surface area contributed by atoms with E-state index in [1.807, 2.05) is 0 Å². The molecule has 0 aromatic carbocycles. The molecule has 4 nitrogen and oxygen atoms in total. The van der Waals surface area contributed by atoms with Crippen molar-refractivity contribution in [1.82, 2.24) is 4.98 Å². The number of rotatable bonds is 2. The molecule has 0 saturated heterocycles. The molecule has 0 aliphatic heterocycles. The van der Waals surface area contributed by atoms with E-state index in [1.54, 1.807) is 45.2 Å². The van der Waals surface area contributed by atoms with Gasteiger partial charge < -0.3 is 0 Å². The van der Waals surface area contributed by atoms with Crippen LogP contribution in [0.1, 0.15) is 12.0 Å². The van der Waals surface area contributed by atoms with Crippen LogP contribution >= 0.6 is 45.2 Å². The van der Waals surface area contributed by atoms with Crippen LogP contribution in [0.4, 0.5) is 8.78 Å². The van der Waals surface area contributed by atoms with Crippen LogP contribution in [-0.4, -0.2) is 13.4 Å². The van der Waals surface area contributed by atoms with Crippen LogP contribution < -0.4 is 5.14 Å². The number of nitrogens with zero attached hydrogens (tertiary/aromatic N) is 1. The molecular weight excluding hydrogens is 456 g/mol. The van der Waals surface area contributed by atoms with Crippen LogP contribution in [0.15, 0.2) is 11.1 Å². The second kappa shape index (κ2) is 4.71. The first-order valence-electron chi connectivity index (χ1n) is 3.40. The fourth-order valence-corrected chi connectivity index (χ4v) is 3.90. The van der Waals surface area contributed by atoms with Gasteiger partial charge >= 0.3 is 0 Å². The Morgan fingerprint density at radius 3 is 2.33 bits per heavy atom. The molecule has 0 unspecified atom stereocenters. The van der Waals surface area contributed by atoms with Crippen LogP contribution in [0.25, 0.3) is 0 Å². The number of halogens is 4. The van der Waals surface area contributed by atoms with E-state index in [1.165, 1.54) is 6.07 Å². The van der Waals surface area contributed by atoms with E-state index in [9.17, 15) is 17.2 Å².